The van der Waals surface area contributed by atoms with Crippen LogP contribution in [0.5, 0.6) is 0 Å². The highest BCUT2D eigenvalue weighted by Crippen LogP contribution is 2.07. The summed E-state index contributed by atoms with van der Waals surface area (Å²) in [4.78, 5) is 18.3. The van der Waals surface area contributed by atoms with Crippen LogP contribution >= 0.6 is 0 Å². The zero-order valence-corrected chi connectivity index (χ0v) is 11.7. The van der Waals surface area contributed by atoms with Crippen LogP contribution in [0.4, 0.5) is 4.39 Å². The summed E-state index contributed by atoms with van der Waals surface area (Å²) < 4.78 is 14.7. The van der Waals surface area contributed by atoms with Crippen LogP contribution in [-0.4, -0.2) is 33.8 Å². The molecule has 0 N–H and O–H groups in total. The lowest BCUT2D eigenvalue weighted by atomic mass is 10.1. The summed E-state index contributed by atoms with van der Waals surface area (Å²) in [5, 5.41) is 0. The van der Waals surface area contributed by atoms with Crippen LogP contribution in [0.15, 0.2) is 36.7 Å². The van der Waals surface area contributed by atoms with Crippen molar-refractivity contribution in [3.8, 4) is 0 Å². The molecule has 0 bridgehead atoms. The minimum atomic E-state index is -0.326. The minimum Gasteiger partial charge on any atom is -0.337 e. The normalized spacial score (nSPS) is 11.0. The molecule has 0 aliphatic carbocycles. The standard InChI is InChI=1S/C15H18FN3O/c1-18(11-15-17-8-10-19(15)2)9-7-14(20)12-3-5-13(16)6-4-12/h3-6,8,10H,7,9,11H2,1-2H3. The van der Waals surface area contributed by atoms with Crippen molar-refractivity contribution in [1.29, 1.82) is 0 Å². The number of nitrogens with zero attached hydrogens (tertiary/aromatic N) is 3. The summed E-state index contributed by atoms with van der Waals surface area (Å²) in [5.74, 6) is 0.659. The van der Waals surface area contributed by atoms with Crippen molar-refractivity contribution in [2.45, 2.75) is 13.0 Å². The maximum absolute atomic E-state index is 12.8. The van der Waals surface area contributed by atoms with Gasteiger partial charge in [-0.3, -0.25) is 9.69 Å². The second kappa shape index (κ2) is 6.43. The Morgan fingerprint density at radius 1 is 1.35 bits per heavy atom. The monoisotopic (exact) mass is 275 g/mol. The smallest absolute Gasteiger partial charge is 0.164 e. The van der Waals surface area contributed by atoms with Crippen molar-refractivity contribution in [2.75, 3.05) is 13.6 Å². The second-order valence-electron chi connectivity index (χ2n) is 4.87. The van der Waals surface area contributed by atoms with Crippen molar-refractivity contribution in [3.05, 3.63) is 53.9 Å². The van der Waals surface area contributed by atoms with Crippen LogP contribution in [0.2, 0.25) is 0 Å². The molecule has 0 aliphatic heterocycles. The third-order valence-electron chi connectivity index (χ3n) is 3.22. The lowest BCUT2D eigenvalue weighted by Crippen LogP contribution is -2.23. The molecule has 1 heterocycles. The van der Waals surface area contributed by atoms with E-state index in [0.717, 1.165) is 5.82 Å². The molecular weight excluding hydrogens is 257 g/mol. The highest BCUT2D eigenvalue weighted by Gasteiger charge is 2.09. The molecule has 106 valence electrons. The van der Waals surface area contributed by atoms with E-state index in [0.29, 0.717) is 25.1 Å². The maximum atomic E-state index is 12.8. The summed E-state index contributed by atoms with van der Waals surface area (Å²) in [6.45, 7) is 1.34. The molecular formula is C15H18FN3O. The van der Waals surface area contributed by atoms with Gasteiger partial charge in [0, 0.05) is 38.0 Å². The lowest BCUT2D eigenvalue weighted by molar-refractivity contribution is 0.0967. The van der Waals surface area contributed by atoms with Crippen molar-refractivity contribution >= 4 is 5.78 Å². The molecule has 4 nitrogen and oxygen atoms in total. The number of hydrogen-bond donors (Lipinski definition) is 0. The molecule has 0 saturated carbocycles. The van der Waals surface area contributed by atoms with Gasteiger partial charge in [-0.15, -0.1) is 0 Å². The van der Waals surface area contributed by atoms with Gasteiger partial charge in [0.1, 0.15) is 11.6 Å². The van der Waals surface area contributed by atoms with E-state index >= 15 is 0 Å². The lowest BCUT2D eigenvalue weighted by Gasteiger charge is -2.15. The number of carbonyl (C=O) groups is 1. The Bertz CT molecular complexity index is 577. The van der Waals surface area contributed by atoms with E-state index in [4.69, 9.17) is 0 Å². The predicted octanol–water partition coefficient (Wildman–Crippen LogP) is 2.26. The molecule has 5 heteroatoms. The molecule has 2 aromatic rings. The molecule has 0 saturated heterocycles. The first-order valence-electron chi connectivity index (χ1n) is 6.50. The van der Waals surface area contributed by atoms with Gasteiger partial charge in [0.15, 0.2) is 5.78 Å². The van der Waals surface area contributed by atoms with Gasteiger partial charge in [0.25, 0.3) is 0 Å². The summed E-state index contributed by atoms with van der Waals surface area (Å²) in [6.07, 6.45) is 4.06. The van der Waals surface area contributed by atoms with E-state index in [-0.39, 0.29) is 11.6 Å². The first-order chi connectivity index (χ1) is 9.56. The van der Waals surface area contributed by atoms with Gasteiger partial charge in [-0.2, -0.15) is 0 Å². The van der Waals surface area contributed by atoms with E-state index in [1.54, 1.807) is 6.20 Å². The summed E-state index contributed by atoms with van der Waals surface area (Å²) in [5.41, 5.74) is 0.553. The fourth-order valence-electron chi connectivity index (χ4n) is 1.94. The quantitative estimate of drug-likeness (QED) is 0.759. The third-order valence-corrected chi connectivity index (χ3v) is 3.22. The van der Waals surface area contributed by atoms with Crippen molar-refractivity contribution in [1.82, 2.24) is 14.5 Å². The molecule has 2 rings (SSSR count). The molecule has 1 aromatic carbocycles. The Morgan fingerprint density at radius 3 is 2.65 bits per heavy atom. The van der Waals surface area contributed by atoms with E-state index in [9.17, 15) is 9.18 Å². The van der Waals surface area contributed by atoms with Gasteiger partial charge in [-0.25, -0.2) is 9.37 Å². The first kappa shape index (κ1) is 14.4. The predicted molar refractivity (Wildman–Crippen MR) is 74.9 cm³/mol. The highest BCUT2D eigenvalue weighted by molar-refractivity contribution is 5.96. The molecule has 0 unspecified atom stereocenters. The number of aryl methyl sites for hydroxylation is 1. The van der Waals surface area contributed by atoms with Gasteiger partial charge in [-0.05, 0) is 31.3 Å². The number of hydrogen-bond acceptors (Lipinski definition) is 3. The minimum absolute atomic E-state index is 0.0247. The van der Waals surface area contributed by atoms with Crippen molar-refractivity contribution in [2.24, 2.45) is 7.05 Å². The van der Waals surface area contributed by atoms with Gasteiger partial charge < -0.3 is 4.57 Å². The fraction of sp³-hybridized carbons (Fsp3) is 0.333. The highest BCUT2D eigenvalue weighted by atomic mass is 19.1. The molecule has 0 amide bonds. The Balaban J connectivity index is 1.84. The average molecular weight is 275 g/mol. The molecule has 0 spiro atoms. The Morgan fingerprint density at radius 2 is 2.05 bits per heavy atom. The molecule has 0 aliphatic rings. The summed E-state index contributed by atoms with van der Waals surface area (Å²) in [6, 6.07) is 5.67. The Labute approximate surface area is 117 Å². The number of rotatable bonds is 6. The molecule has 0 fully saturated rings. The SMILES string of the molecule is CN(CCC(=O)c1ccc(F)cc1)Cc1nccn1C. The fourth-order valence-corrected chi connectivity index (χ4v) is 1.94. The number of halogens is 1. The Hall–Kier alpha value is -2.01. The van der Waals surface area contributed by atoms with E-state index in [1.807, 2.05) is 29.8 Å². The van der Waals surface area contributed by atoms with Crippen LogP contribution in [0.3, 0.4) is 0 Å². The van der Waals surface area contributed by atoms with Crippen LogP contribution in [0.1, 0.15) is 22.6 Å². The van der Waals surface area contributed by atoms with Crippen LogP contribution < -0.4 is 0 Å². The summed E-state index contributed by atoms with van der Waals surface area (Å²) >= 11 is 0. The number of ketones is 1. The van der Waals surface area contributed by atoms with Gasteiger partial charge in [0.2, 0.25) is 0 Å². The Kier molecular flexibility index (Phi) is 4.63. The maximum Gasteiger partial charge on any atom is 0.164 e. The van der Waals surface area contributed by atoms with Crippen LogP contribution in [0, 0.1) is 5.82 Å². The van der Waals surface area contributed by atoms with Gasteiger partial charge in [0.05, 0.1) is 6.54 Å². The first-order valence-corrected chi connectivity index (χ1v) is 6.50. The largest absolute Gasteiger partial charge is 0.337 e. The van der Waals surface area contributed by atoms with Crippen molar-refractivity contribution < 1.29 is 9.18 Å². The van der Waals surface area contributed by atoms with E-state index in [1.165, 1.54) is 24.3 Å². The van der Waals surface area contributed by atoms with E-state index in [2.05, 4.69) is 4.98 Å². The van der Waals surface area contributed by atoms with Crippen LogP contribution in [0.25, 0.3) is 0 Å². The zero-order chi connectivity index (χ0) is 14.5. The van der Waals surface area contributed by atoms with Crippen molar-refractivity contribution in [3.63, 3.8) is 0 Å². The topological polar surface area (TPSA) is 38.1 Å². The number of Topliss-reactive ketones (excluding diaryl/α,β-unsaturated/α-hetero) is 1. The van der Waals surface area contributed by atoms with Crippen LogP contribution in [-0.2, 0) is 13.6 Å². The number of imidazole rings is 1. The summed E-state index contributed by atoms with van der Waals surface area (Å²) in [7, 11) is 3.90. The molecule has 0 radical (unpaired) electrons. The van der Waals surface area contributed by atoms with Gasteiger partial charge in [-0.1, -0.05) is 0 Å². The third kappa shape index (κ3) is 3.74. The molecule has 1 aromatic heterocycles. The van der Waals surface area contributed by atoms with Gasteiger partial charge >= 0.3 is 0 Å². The zero-order valence-electron chi connectivity index (χ0n) is 11.7. The molecule has 20 heavy (non-hydrogen) atoms. The second-order valence-corrected chi connectivity index (χ2v) is 4.87. The number of aromatic nitrogens is 2. The number of benzene rings is 1. The average Bonchev–Trinajstić information content (AvgIpc) is 2.82. The number of carbonyl (C=O) groups excluding carboxylic acids is 1. The molecule has 0 atom stereocenters. The van der Waals surface area contributed by atoms with E-state index < -0.39 is 0 Å².